The van der Waals surface area contributed by atoms with E-state index in [1.54, 1.807) is 12.1 Å². The number of nitrogens with one attached hydrogen (secondary N) is 1. The van der Waals surface area contributed by atoms with Crippen molar-refractivity contribution in [2.75, 3.05) is 5.32 Å². The van der Waals surface area contributed by atoms with E-state index in [9.17, 15) is 4.79 Å². The van der Waals surface area contributed by atoms with Crippen molar-refractivity contribution < 1.29 is 9.53 Å². The number of anilines is 1. The second-order valence-corrected chi connectivity index (χ2v) is 6.37. The predicted molar refractivity (Wildman–Crippen MR) is 93.8 cm³/mol. The molecule has 0 aromatic heterocycles. The fourth-order valence-electron chi connectivity index (χ4n) is 2.07. The number of ether oxygens (including phenoxy) is 1. The predicted octanol–water partition coefficient (Wildman–Crippen LogP) is 5.11. The monoisotopic (exact) mass is 361 g/mol. The zero-order valence-electron chi connectivity index (χ0n) is 13.2. The molecule has 0 bridgehead atoms. The standard InChI is InChI=1S/C18H20BrNO2/c1-11(2)22-17-9-8-14(10-15(17)19)18(21)20-16-7-5-6-12(3)13(16)4/h5-11H,1-4H3,(H,20,21). The van der Waals surface area contributed by atoms with Crippen molar-refractivity contribution in [2.45, 2.75) is 33.8 Å². The minimum Gasteiger partial charge on any atom is -0.490 e. The van der Waals surface area contributed by atoms with E-state index < -0.39 is 0 Å². The van der Waals surface area contributed by atoms with Crippen molar-refractivity contribution in [1.29, 1.82) is 0 Å². The second kappa shape index (κ2) is 6.97. The summed E-state index contributed by atoms with van der Waals surface area (Å²) < 4.78 is 6.43. The van der Waals surface area contributed by atoms with Crippen LogP contribution < -0.4 is 10.1 Å². The van der Waals surface area contributed by atoms with Crippen LogP contribution in [0.4, 0.5) is 5.69 Å². The molecule has 116 valence electrons. The Bertz CT molecular complexity index is 695. The lowest BCUT2D eigenvalue weighted by molar-refractivity contribution is 0.102. The lowest BCUT2D eigenvalue weighted by Gasteiger charge is -2.13. The molecule has 0 aliphatic carbocycles. The fourth-order valence-corrected chi connectivity index (χ4v) is 2.54. The van der Waals surface area contributed by atoms with Gasteiger partial charge in [0, 0.05) is 11.3 Å². The highest BCUT2D eigenvalue weighted by atomic mass is 79.9. The Morgan fingerprint density at radius 1 is 1.18 bits per heavy atom. The molecule has 0 heterocycles. The normalized spacial score (nSPS) is 10.6. The molecule has 0 aliphatic rings. The summed E-state index contributed by atoms with van der Waals surface area (Å²) in [6, 6.07) is 11.2. The molecule has 0 spiro atoms. The van der Waals surface area contributed by atoms with Gasteiger partial charge in [-0.1, -0.05) is 12.1 Å². The Labute approximate surface area is 139 Å². The first kappa shape index (κ1) is 16.6. The molecule has 0 aliphatic heterocycles. The largest absolute Gasteiger partial charge is 0.490 e. The van der Waals surface area contributed by atoms with Crippen LogP contribution in [0.5, 0.6) is 5.75 Å². The Balaban J connectivity index is 2.19. The SMILES string of the molecule is Cc1cccc(NC(=O)c2ccc(OC(C)C)c(Br)c2)c1C. The van der Waals surface area contributed by atoms with Crippen molar-refractivity contribution >= 4 is 27.5 Å². The first-order valence-corrected chi connectivity index (χ1v) is 8.01. The first-order valence-electron chi connectivity index (χ1n) is 7.22. The Morgan fingerprint density at radius 2 is 1.91 bits per heavy atom. The van der Waals surface area contributed by atoms with Crippen molar-refractivity contribution in [3.05, 3.63) is 57.6 Å². The number of aryl methyl sites for hydroxylation is 1. The molecule has 4 heteroatoms. The van der Waals surface area contributed by atoms with E-state index in [1.165, 1.54) is 0 Å². The molecule has 1 N–H and O–H groups in total. The van der Waals surface area contributed by atoms with Gasteiger partial charge in [-0.3, -0.25) is 4.79 Å². The third kappa shape index (κ3) is 3.89. The number of carbonyl (C=O) groups excluding carboxylic acids is 1. The van der Waals surface area contributed by atoms with Gasteiger partial charge in [0.15, 0.2) is 0 Å². The van der Waals surface area contributed by atoms with Gasteiger partial charge in [-0.05, 0) is 79.0 Å². The third-order valence-electron chi connectivity index (χ3n) is 3.41. The summed E-state index contributed by atoms with van der Waals surface area (Å²) in [5, 5.41) is 2.95. The number of hydrogen-bond donors (Lipinski definition) is 1. The highest BCUT2D eigenvalue weighted by Gasteiger charge is 2.11. The smallest absolute Gasteiger partial charge is 0.255 e. The lowest BCUT2D eigenvalue weighted by atomic mass is 10.1. The summed E-state index contributed by atoms with van der Waals surface area (Å²) in [5.41, 5.74) is 3.65. The van der Waals surface area contributed by atoms with Crippen molar-refractivity contribution in [1.82, 2.24) is 0 Å². The van der Waals surface area contributed by atoms with Crippen LogP contribution in [0.3, 0.4) is 0 Å². The average Bonchev–Trinajstić information content (AvgIpc) is 2.45. The summed E-state index contributed by atoms with van der Waals surface area (Å²) in [7, 11) is 0. The van der Waals surface area contributed by atoms with E-state index in [0.717, 1.165) is 27.0 Å². The lowest BCUT2D eigenvalue weighted by Crippen LogP contribution is -2.13. The van der Waals surface area contributed by atoms with Gasteiger partial charge in [0.25, 0.3) is 5.91 Å². The van der Waals surface area contributed by atoms with Gasteiger partial charge in [0.1, 0.15) is 5.75 Å². The summed E-state index contributed by atoms with van der Waals surface area (Å²) >= 11 is 3.45. The maximum absolute atomic E-state index is 12.4. The number of hydrogen-bond acceptors (Lipinski definition) is 2. The van der Waals surface area contributed by atoms with E-state index in [2.05, 4.69) is 21.2 Å². The van der Waals surface area contributed by atoms with E-state index in [4.69, 9.17) is 4.74 Å². The van der Waals surface area contributed by atoms with Crippen LogP contribution in [0.2, 0.25) is 0 Å². The zero-order valence-corrected chi connectivity index (χ0v) is 14.8. The Kier molecular flexibility index (Phi) is 5.24. The molecule has 2 aromatic rings. The quantitative estimate of drug-likeness (QED) is 0.821. The summed E-state index contributed by atoms with van der Waals surface area (Å²) in [4.78, 5) is 12.4. The Morgan fingerprint density at radius 3 is 2.55 bits per heavy atom. The topological polar surface area (TPSA) is 38.3 Å². The molecule has 0 saturated heterocycles. The average molecular weight is 362 g/mol. The van der Waals surface area contributed by atoms with Crippen molar-refractivity contribution in [3.8, 4) is 5.75 Å². The van der Waals surface area contributed by atoms with Crippen LogP contribution in [0.25, 0.3) is 0 Å². The van der Waals surface area contributed by atoms with Crippen LogP contribution >= 0.6 is 15.9 Å². The van der Waals surface area contributed by atoms with E-state index in [0.29, 0.717) is 5.56 Å². The summed E-state index contributed by atoms with van der Waals surface area (Å²) in [6.07, 6.45) is 0.0888. The molecule has 0 radical (unpaired) electrons. The molecule has 2 rings (SSSR count). The van der Waals surface area contributed by atoms with Gasteiger partial charge in [-0.2, -0.15) is 0 Å². The molecule has 0 fully saturated rings. The molecular weight excluding hydrogens is 342 g/mol. The molecule has 2 aromatic carbocycles. The van der Waals surface area contributed by atoms with Gasteiger partial charge < -0.3 is 10.1 Å². The summed E-state index contributed by atoms with van der Waals surface area (Å²) in [5.74, 6) is 0.601. The maximum Gasteiger partial charge on any atom is 0.255 e. The molecule has 22 heavy (non-hydrogen) atoms. The zero-order chi connectivity index (χ0) is 16.3. The summed E-state index contributed by atoms with van der Waals surface area (Å²) in [6.45, 7) is 7.96. The van der Waals surface area contributed by atoms with Crippen LogP contribution in [0, 0.1) is 13.8 Å². The number of halogens is 1. The van der Waals surface area contributed by atoms with Crippen LogP contribution in [0.1, 0.15) is 35.3 Å². The van der Waals surface area contributed by atoms with Gasteiger partial charge >= 0.3 is 0 Å². The van der Waals surface area contributed by atoms with Gasteiger partial charge in [0.05, 0.1) is 10.6 Å². The number of benzene rings is 2. The van der Waals surface area contributed by atoms with Crippen molar-refractivity contribution in [2.24, 2.45) is 0 Å². The number of rotatable bonds is 4. The minimum atomic E-state index is -0.134. The van der Waals surface area contributed by atoms with Crippen LogP contribution in [-0.4, -0.2) is 12.0 Å². The fraction of sp³-hybridized carbons (Fsp3) is 0.278. The molecular formula is C18H20BrNO2. The van der Waals surface area contributed by atoms with E-state index in [1.807, 2.05) is 52.0 Å². The molecule has 1 amide bonds. The molecule has 0 atom stereocenters. The Hall–Kier alpha value is -1.81. The molecule has 0 unspecified atom stereocenters. The highest BCUT2D eigenvalue weighted by Crippen LogP contribution is 2.27. The molecule has 0 saturated carbocycles. The van der Waals surface area contributed by atoms with E-state index >= 15 is 0 Å². The second-order valence-electron chi connectivity index (χ2n) is 5.51. The van der Waals surface area contributed by atoms with Crippen molar-refractivity contribution in [3.63, 3.8) is 0 Å². The van der Waals surface area contributed by atoms with Gasteiger partial charge in [-0.25, -0.2) is 0 Å². The third-order valence-corrected chi connectivity index (χ3v) is 4.03. The van der Waals surface area contributed by atoms with Gasteiger partial charge in [0.2, 0.25) is 0 Å². The van der Waals surface area contributed by atoms with Crippen LogP contribution in [-0.2, 0) is 0 Å². The number of carbonyl (C=O) groups is 1. The minimum absolute atomic E-state index is 0.0888. The van der Waals surface area contributed by atoms with Crippen LogP contribution in [0.15, 0.2) is 40.9 Å². The van der Waals surface area contributed by atoms with E-state index in [-0.39, 0.29) is 12.0 Å². The maximum atomic E-state index is 12.4. The highest BCUT2D eigenvalue weighted by molar-refractivity contribution is 9.10. The number of amides is 1. The first-order chi connectivity index (χ1) is 10.4. The van der Waals surface area contributed by atoms with Gasteiger partial charge in [-0.15, -0.1) is 0 Å². The molecule has 3 nitrogen and oxygen atoms in total.